The van der Waals surface area contributed by atoms with Crippen LogP contribution >= 0.6 is 15.9 Å². The van der Waals surface area contributed by atoms with Crippen molar-refractivity contribution in [2.75, 3.05) is 19.1 Å². The number of rotatable bonds is 7. The number of hydrogen-bond donors (Lipinski definition) is 0. The third kappa shape index (κ3) is 4.30. The topological polar surface area (TPSA) is 21.7 Å². The maximum Gasteiger partial charge on any atom is 0.129 e. The number of hydrogen-bond acceptors (Lipinski definition) is 3. The molecule has 29 heavy (non-hydrogen) atoms. The predicted octanol–water partition coefficient (Wildman–Crippen LogP) is 6.83. The minimum absolute atomic E-state index is 0.0969. The zero-order valence-corrected chi connectivity index (χ0v) is 20.1. The van der Waals surface area contributed by atoms with Crippen LogP contribution in [0.3, 0.4) is 0 Å². The van der Waals surface area contributed by atoms with Crippen LogP contribution in [0.15, 0.2) is 40.9 Å². The predicted molar refractivity (Wildman–Crippen MR) is 126 cm³/mol. The van der Waals surface area contributed by atoms with Crippen molar-refractivity contribution in [3.63, 3.8) is 0 Å². The van der Waals surface area contributed by atoms with Gasteiger partial charge >= 0.3 is 0 Å². The van der Waals surface area contributed by atoms with Crippen LogP contribution < -0.4 is 4.90 Å². The molecule has 1 aliphatic carbocycles. The molecular weight excluding hydrogens is 426 g/mol. The number of methoxy groups -OCH3 is 2. The fourth-order valence-corrected chi connectivity index (χ4v) is 4.74. The summed E-state index contributed by atoms with van der Waals surface area (Å²) in [5.41, 5.74) is 7.60. The smallest absolute Gasteiger partial charge is 0.129 e. The van der Waals surface area contributed by atoms with Gasteiger partial charge in [0.25, 0.3) is 0 Å². The lowest BCUT2D eigenvalue weighted by molar-refractivity contribution is 0.0427. The van der Waals surface area contributed by atoms with Gasteiger partial charge in [-0.3, -0.25) is 0 Å². The van der Waals surface area contributed by atoms with Crippen LogP contribution in [0.2, 0.25) is 0 Å². The van der Waals surface area contributed by atoms with Crippen molar-refractivity contribution < 1.29 is 9.47 Å². The first-order valence-corrected chi connectivity index (χ1v) is 11.0. The summed E-state index contributed by atoms with van der Waals surface area (Å²) in [5, 5.41) is 0. The molecule has 0 N–H and O–H groups in total. The number of allylic oxidation sites excluding steroid dienone is 1. The zero-order chi connectivity index (χ0) is 21.3. The Morgan fingerprint density at radius 3 is 2.14 bits per heavy atom. The normalized spacial score (nSPS) is 17.5. The van der Waals surface area contributed by atoms with E-state index in [0.29, 0.717) is 5.92 Å². The highest BCUT2D eigenvalue weighted by molar-refractivity contribution is 9.10. The molecule has 0 radical (unpaired) electrons. The van der Waals surface area contributed by atoms with Crippen molar-refractivity contribution in [3.05, 3.63) is 68.7 Å². The SMILES string of the molecule is COC(C)N(c1cc(C)cc2c1C=CC2c1ccc(C(C)C)cc1Br)C(C)OC. The Morgan fingerprint density at radius 1 is 0.931 bits per heavy atom. The van der Waals surface area contributed by atoms with E-state index in [4.69, 9.17) is 9.47 Å². The first kappa shape index (κ1) is 22.1. The average Bonchev–Trinajstić information content (AvgIpc) is 3.10. The van der Waals surface area contributed by atoms with Gasteiger partial charge in [-0.1, -0.05) is 60.1 Å². The quantitative estimate of drug-likeness (QED) is 0.425. The Balaban J connectivity index is 2.10. The Hall–Kier alpha value is -1.62. The van der Waals surface area contributed by atoms with Crippen LogP contribution in [0.1, 0.15) is 67.3 Å². The maximum absolute atomic E-state index is 5.67. The van der Waals surface area contributed by atoms with E-state index >= 15 is 0 Å². The van der Waals surface area contributed by atoms with Crippen LogP contribution in [-0.4, -0.2) is 26.7 Å². The van der Waals surface area contributed by atoms with E-state index in [0.717, 1.165) is 5.69 Å². The molecule has 0 bridgehead atoms. The summed E-state index contributed by atoms with van der Waals surface area (Å²) in [4.78, 5) is 2.20. The van der Waals surface area contributed by atoms with Gasteiger partial charge in [0.05, 0.1) is 0 Å². The number of anilines is 1. The van der Waals surface area contributed by atoms with Crippen LogP contribution in [-0.2, 0) is 9.47 Å². The Kier molecular flexibility index (Phi) is 6.87. The largest absolute Gasteiger partial charge is 0.362 e. The summed E-state index contributed by atoms with van der Waals surface area (Å²) in [6, 6.07) is 11.3. The van der Waals surface area contributed by atoms with E-state index in [1.165, 1.54) is 32.3 Å². The molecule has 2 aromatic carbocycles. The number of fused-ring (bicyclic) bond motifs is 1. The number of aryl methyl sites for hydroxylation is 1. The second-order valence-electron chi connectivity index (χ2n) is 8.14. The Bertz CT molecular complexity index is 896. The molecule has 3 unspecified atom stereocenters. The first-order chi connectivity index (χ1) is 13.8. The lowest BCUT2D eigenvalue weighted by Crippen LogP contribution is -2.43. The number of ether oxygens (including phenoxy) is 2. The van der Waals surface area contributed by atoms with Crippen LogP contribution in [0.5, 0.6) is 0 Å². The van der Waals surface area contributed by atoms with Crippen molar-refractivity contribution >= 4 is 27.7 Å². The fourth-order valence-electron chi connectivity index (χ4n) is 4.10. The monoisotopic (exact) mass is 457 g/mol. The van der Waals surface area contributed by atoms with Gasteiger partial charge in [-0.2, -0.15) is 0 Å². The molecule has 3 atom stereocenters. The number of nitrogens with zero attached hydrogens (tertiary/aromatic N) is 1. The van der Waals surface area contributed by atoms with E-state index in [1.807, 2.05) is 0 Å². The lowest BCUT2D eigenvalue weighted by atomic mass is 9.89. The highest BCUT2D eigenvalue weighted by Crippen LogP contribution is 2.44. The molecule has 2 aromatic rings. The third-order valence-electron chi connectivity index (χ3n) is 5.90. The molecular formula is C25H32BrNO2. The molecule has 156 valence electrons. The fraction of sp³-hybridized carbons (Fsp3) is 0.440. The molecule has 4 heteroatoms. The summed E-state index contributed by atoms with van der Waals surface area (Å²) in [5.74, 6) is 0.747. The second-order valence-corrected chi connectivity index (χ2v) is 8.99. The molecule has 3 rings (SSSR count). The summed E-state index contributed by atoms with van der Waals surface area (Å²) in [6.45, 7) is 10.7. The molecule has 0 saturated carbocycles. The van der Waals surface area contributed by atoms with Crippen molar-refractivity contribution in [3.8, 4) is 0 Å². The highest BCUT2D eigenvalue weighted by Gasteiger charge is 2.29. The Labute approximate surface area is 183 Å². The Morgan fingerprint density at radius 2 is 1.59 bits per heavy atom. The molecule has 3 nitrogen and oxygen atoms in total. The van der Waals surface area contributed by atoms with Gasteiger partial charge in [-0.15, -0.1) is 0 Å². The number of halogens is 1. The molecule has 0 fully saturated rings. The number of benzene rings is 2. The molecule has 0 amide bonds. The van der Waals surface area contributed by atoms with Crippen LogP contribution in [0, 0.1) is 6.92 Å². The van der Waals surface area contributed by atoms with E-state index in [-0.39, 0.29) is 18.4 Å². The third-order valence-corrected chi connectivity index (χ3v) is 6.58. The van der Waals surface area contributed by atoms with E-state index in [2.05, 4.69) is 97.9 Å². The molecule has 0 aromatic heterocycles. The van der Waals surface area contributed by atoms with Crippen LogP contribution in [0.25, 0.3) is 6.08 Å². The minimum atomic E-state index is -0.0969. The summed E-state index contributed by atoms with van der Waals surface area (Å²) in [7, 11) is 3.48. The van der Waals surface area contributed by atoms with Gasteiger partial charge in [-0.05, 0) is 61.1 Å². The molecule has 1 aliphatic rings. The zero-order valence-electron chi connectivity index (χ0n) is 18.5. The van der Waals surface area contributed by atoms with Crippen molar-refractivity contribution in [2.24, 2.45) is 0 Å². The van der Waals surface area contributed by atoms with Gasteiger partial charge in [0.15, 0.2) is 0 Å². The van der Waals surface area contributed by atoms with Crippen LogP contribution in [0.4, 0.5) is 5.69 Å². The van der Waals surface area contributed by atoms with Gasteiger partial charge in [0, 0.05) is 35.9 Å². The van der Waals surface area contributed by atoms with Gasteiger partial charge in [0.1, 0.15) is 12.5 Å². The van der Waals surface area contributed by atoms with Crippen molar-refractivity contribution in [2.45, 2.75) is 58.9 Å². The summed E-state index contributed by atoms with van der Waals surface area (Å²) in [6.07, 6.45) is 4.35. The average molecular weight is 458 g/mol. The second kappa shape index (κ2) is 9.03. The van der Waals surface area contributed by atoms with Gasteiger partial charge in [-0.25, -0.2) is 0 Å². The standard InChI is InChI=1S/C25H32BrNO2/c1-15(2)19-8-9-21(24(26)14-19)20-10-11-22-23(20)12-16(3)13-25(22)27(17(4)28-6)18(5)29-7/h8-15,17-18,20H,1-7H3. The van der Waals surface area contributed by atoms with E-state index in [9.17, 15) is 0 Å². The van der Waals surface area contributed by atoms with Gasteiger partial charge < -0.3 is 14.4 Å². The van der Waals surface area contributed by atoms with E-state index < -0.39 is 0 Å². The highest BCUT2D eigenvalue weighted by atomic mass is 79.9. The lowest BCUT2D eigenvalue weighted by Gasteiger charge is -2.36. The summed E-state index contributed by atoms with van der Waals surface area (Å²) < 4.78 is 12.5. The van der Waals surface area contributed by atoms with Gasteiger partial charge in [0.2, 0.25) is 0 Å². The van der Waals surface area contributed by atoms with Crippen molar-refractivity contribution in [1.29, 1.82) is 0 Å². The minimum Gasteiger partial charge on any atom is -0.362 e. The van der Waals surface area contributed by atoms with Crippen molar-refractivity contribution in [1.82, 2.24) is 0 Å². The maximum atomic E-state index is 5.67. The molecule has 0 saturated heterocycles. The summed E-state index contributed by atoms with van der Waals surface area (Å²) >= 11 is 3.83. The first-order valence-electron chi connectivity index (χ1n) is 10.2. The molecule has 0 spiro atoms. The molecule has 0 aliphatic heterocycles. The molecule has 0 heterocycles. The van der Waals surface area contributed by atoms with E-state index in [1.54, 1.807) is 14.2 Å².